The van der Waals surface area contributed by atoms with Crippen LogP contribution in [-0.2, 0) is 0 Å². The average molecular weight is 291 g/mol. The van der Waals surface area contributed by atoms with Gasteiger partial charge >= 0.3 is 6.18 Å². The number of carbonyl (C=O) groups is 1. The second-order valence-corrected chi connectivity index (χ2v) is 4.15. The van der Waals surface area contributed by atoms with Crippen molar-refractivity contribution in [3.8, 4) is 5.75 Å². The molecule has 2 N–H and O–H groups in total. The molecular formula is C12H16F3N3O2. The largest absolute Gasteiger partial charge is 0.482 e. The van der Waals surface area contributed by atoms with Crippen molar-refractivity contribution >= 4 is 5.91 Å². The lowest BCUT2D eigenvalue weighted by molar-refractivity contribution is -0.153. The van der Waals surface area contributed by atoms with E-state index in [4.69, 9.17) is 0 Å². The Morgan fingerprint density at radius 2 is 2.20 bits per heavy atom. The first-order valence-electron chi connectivity index (χ1n) is 5.93. The zero-order valence-corrected chi connectivity index (χ0v) is 11.1. The first kappa shape index (κ1) is 16.2. The number of nitrogens with one attached hydrogen (secondary N) is 2. The molecule has 0 saturated carbocycles. The van der Waals surface area contributed by atoms with Gasteiger partial charge in [0.05, 0.1) is 0 Å². The number of hydrogen-bond donors (Lipinski definition) is 2. The number of aromatic nitrogens is 1. The van der Waals surface area contributed by atoms with Crippen molar-refractivity contribution in [3.05, 3.63) is 24.0 Å². The number of rotatable bonds is 6. The van der Waals surface area contributed by atoms with E-state index in [2.05, 4.69) is 20.4 Å². The van der Waals surface area contributed by atoms with Gasteiger partial charge in [-0.15, -0.1) is 0 Å². The third-order valence-corrected chi connectivity index (χ3v) is 2.44. The van der Waals surface area contributed by atoms with Crippen molar-refractivity contribution in [3.63, 3.8) is 0 Å². The zero-order valence-electron chi connectivity index (χ0n) is 11.1. The van der Waals surface area contributed by atoms with Crippen molar-refractivity contribution in [2.45, 2.75) is 19.1 Å². The van der Waals surface area contributed by atoms with Crippen LogP contribution in [0.2, 0.25) is 0 Å². The molecule has 0 bridgehead atoms. The number of ether oxygens (including phenoxy) is 1. The van der Waals surface area contributed by atoms with Crippen LogP contribution >= 0.6 is 0 Å². The van der Waals surface area contributed by atoms with E-state index < -0.39 is 18.7 Å². The van der Waals surface area contributed by atoms with E-state index >= 15 is 0 Å². The molecule has 1 amide bonds. The Bertz CT molecular complexity index is 452. The molecule has 0 fully saturated rings. The first-order valence-corrected chi connectivity index (χ1v) is 5.93. The van der Waals surface area contributed by atoms with Gasteiger partial charge in [-0.05, 0) is 26.1 Å². The maximum absolute atomic E-state index is 12.1. The summed E-state index contributed by atoms with van der Waals surface area (Å²) >= 11 is 0. The van der Waals surface area contributed by atoms with Crippen molar-refractivity contribution in [1.82, 2.24) is 15.6 Å². The summed E-state index contributed by atoms with van der Waals surface area (Å²) in [5, 5.41) is 5.48. The van der Waals surface area contributed by atoms with Crippen molar-refractivity contribution in [2.24, 2.45) is 0 Å². The van der Waals surface area contributed by atoms with Gasteiger partial charge in [0, 0.05) is 18.8 Å². The van der Waals surface area contributed by atoms with Crippen molar-refractivity contribution in [1.29, 1.82) is 0 Å². The Balaban J connectivity index is 2.71. The topological polar surface area (TPSA) is 63.2 Å². The molecule has 0 aromatic carbocycles. The number of nitrogens with zero attached hydrogens (tertiary/aromatic N) is 1. The third-order valence-electron chi connectivity index (χ3n) is 2.44. The zero-order chi connectivity index (χ0) is 15.2. The fraction of sp³-hybridized carbons (Fsp3) is 0.500. The predicted octanol–water partition coefficient (Wildman–Crippen LogP) is 1.36. The predicted molar refractivity (Wildman–Crippen MR) is 66.6 cm³/mol. The number of carbonyl (C=O) groups excluding carboxylic acids is 1. The SMILES string of the molecule is CNC(C)CNC(=O)c1ncccc1OCC(F)(F)F. The minimum absolute atomic E-state index is 0.0298. The fourth-order valence-electron chi connectivity index (χ4n) is 1.27. The van der Waals surface area contributed by atoms with Gasteiger partial charge in [-0.2, -0.15) is 13.2 Å². The number of alkyl halides is 3. The molecule has 0 spiro atoms. The molecule has 0 saturated heterocycles. The van der Waals surface area contributed by atoms with Crippen molar-refractivity contribution < 1.29 is 22.7 Å². The summed E-state index contributed by atoms with van der Waals surface area (Å²) in [5.41, 5.74) is -0.167. The molecule has 5 nitrogen and oxygen atoms in total. The Morgan fingerprint density at radius 3 is 2.80 bits per heavy atom. The highest BCUT2D eigenvalue weighted by Crippen LogP contribution is 2.20. The summed E-state index contributed by atoms with van der Waals surface area (Å²) < 4.78 is 41.0. The summed E-state index contributed by atoms with van der Waals surface area (Å²) in [7, 11) is 1.73. The van der Waals surface area contributed by atoms with Gasteiger partial charge in [-0.1, -0.05) is 0 Å². The number of halogens is 3. The van der Waals surface area contributed by atoms with Crippen LogP contribution in [0.5, 0.6) is 5.75 Å². The summed E-state index contributed by atoms with van der Waals surface area (Å²) in [6.45, 7) is 0.705. The lowest BCUT2D eigenvalue weighted by Crippen LogP contribution is -2.37. The maximum Gasteiger partial charge on any atom is 0.422 e. The fourth-order valence-corrected chi connectivity index (χ4v) is 1.27. The summed E-state index contributed by atoms with van der Waals surface area (Å²) in [6.07, 6.45) is -3.15. The quantitative estimate of drug-likeness (QED) is 0.830. The molecule has 0 aliphatic rings. The molecule has 20 heavy (non-hydrogen) atoms. The molecule has 1 heterocycles. The van der Waals surface area contributed by atoms with Crippen LogP contribution in [0.15, 0.2) is 18.3 Å². The number of amides is 1. The normalized spacial score (nSPS) is 12.8. The number of pyridine rings is 1. The van der Waals surface area contributed by atoms with E-state index in [0.29, 0.717) is 6.54 Å². The summed E-state index contributed by atoms with van der Waals surface area (Å²) in [5.74, 6) is -0.774. The highest BCUT2D eigenvalue weighted by Gasteiger charge is 2.29. The van der Waals surface area contributed by atoms with Gasteiger partial charge in [0.25, 0.3) is 5.91 Å². The smallest absolute Gasteiger partial charge is 0.422 e. The van der Waals surface area contributed by atoms with E-state index in [1.54, 1.807) is 7.05 Å². The minimum atomic E-state index is -4.47. The Morgan fingerprint density at radius 1 is 1.50 bits per heavy atom. The molecular weight excluding hydrogens is 275 g/mol. The number of likely N-dealkylation sites (N-methyl/N-ethyl adjacent to an activating group) is 1. The van der Waals surface area contributed by atoms with Crippen LogP contribution in [0, 0.1) is 0 Å². The molecule has 0 aliphatic carbocycles. The van der Waals surface area contributed by atoms with E-state index in [1.165, 1.54) is 18.3 Å². The van der Waals surface area contributed by atoms with Gasteiger partial charge in [0.1, 0.15) is 0 Å². The van der Waals surface area contributed by atoms with Crippen LogP contribution in [0.1, 0.15) is 17.4 Å². The van der Waals surface area contributed by atoms with Gasteiger partial charge in [0.15, 0.2) is 18.1 Å². The van der Waals surface area contributed by atoms with Crippen LogP contribution in [0.25, 0.3) is 0 Å². The second-order valence-electron chi connectivity index (χ2n) is 4.15. The van der Waals surface area contributed by atoms with Crippen LogP contribution in [0.3, 0.4) is 0 Å². The summed E-state index contributed by atoms with van der Waals surface area (Å²) in [6, 6.07) is 2.70. The Hall–Kier alpha value is -1.83. The molecule has 0 aliphatic heterocycles. The first-order chi connectivity index (χ1) is 9.33. The standard InChI is InChI=1S/C12H16F3N3O2/c1-8(16-2)6-18-11(19)10-9(4-3-5-17-10)20-7-12(13,14)15/h3-5,8,16H,6-7H2,1-2H3,(H,18,19). The van der Waals surface area contributed by atoms with E-state index in [0.717, 1.165) is 0 Å². The highest BCUT2D eigenvalue weighted by molar-refractivity contribution is 5.94. The maximum atomic E-state index is 12.1. The van der Waals surface area contributed by atoms with E-state index in [-0.39, 0.29) is 17.5 Å². The van der Waals surface area contributed by atoms with E-state index in [1.807, 2.05) is 6.92 Å². The van der Waals surface area contributed by atoms with Gasteiger partial charge in [-0.25, -0.2) is 4.98 Å². The van der Waals surface area contributed by atoms with Crippen LogP contribution in [0.4, 0.5) is 13.2 Å². The summed E-state index contributed by atoms with van der Waals surface area (Å²) in [4.78, 5) is 15.6. The second kappa shape index (κ2) is 7.09. The molecule has 0 radical (unpaired) electrons. The number of hydrogen-bond acceptors (Lipinski definition) is 4. The minimum Gasteiger partial charge on any atom is -0.482 e. The van der Waals surface area contributed by atoms with Crippen molar-refractivity contribution in [2.75, 3.05) is 20.2 Å². The Kier molecular flexibility index (Phi) is 5.75. The monoisotopic (exact) mass is 291 g/mol. The van der Waals surface area contributed by atoms with E-state index in [9.17, 15) is 18.0 Å². The molecule has 1 aromatic heterocycles. The highest BCUT2D eigenvalue weighted by atomic mass is 19.4. The lowest BCUT2D eigenvalue weighted by atomic mass is 10.3. The lowest BCUT2D eigenvalue weighted by Gasteiger charge is -2.14. The molecule has 112 valence electrons. The van der Waals surface area contributed by atoms with Crippen LogP contribution < -0.4 is 15.4 Å². The van der Waals surface area contributed by atoms with Gasteiger partial charge in [0.2, 0.25) is 0 Å². The molecule has 1 aromatic rings. The van der Waals surface area contributed by atoms with Gasteiger partial charge in [-0.3, -0.25) is 4.79 Å². The molecule has 1 rings (SSSR count). The molecule has 1 atom stereocenters. The van der Waals surface area contributed by atoms with Gasteiger partial charge < -0.3 is 15.4 Å². The third kappa shape index (κ3) is 5.43. The average Bonchev–Trinajstić information content (AvgIpc) is 2.41. The van der Waals surface area contributed by atoms with Crippen LogP contribution in [-0.4, -0.2) is 43.3 Å². The molecule has 8 heteroatoms. The Labute approximate surface area is 114 Å². The molecule has 1 unspecified atom stereocenters.